The molecule has 0 atom stereocenters. The number of piperidine rings is 1. The zero-order chi connectivity index (χ0) is 14.1. The van der Waals surface area contributed by atoms with Crippen LogP contribution in [0.2, 0.25) is 0 Å². The fourth-order valence-corrected chi connectivity index (χ4v) is 2.55. The number of carboxylic acids is 1. The molecule has 0 saturated carbocycles. The molecule has 1 aliphatic rings. The second kappa shape index (κ2) is 8.79. The second-order valence-electron chi connectivity index (χ2n) is 4.38. The van der Waals surface area contributed by atoms with Gasteiger partial charge in [0.1, 0.15) is 0 Å². The van der Waals surface area contributed by atoms with Gasteiger partial charge in [0.25, 0.3) is 0 Å². The Labute approximate surface area is 116 Å². The van der Waals surface area contributed by atoms with Gasteiger partial charge < -0.3 is 15.3 Å². The minimum atomic E-state index is -0.850. The van der Waals surface area contributed by atoms with Crippen molar-refractivity contribution < 1.29 is 19.5 Å². The highest BCUT2D eigenvalue weighted by molar-refractivity contribution is 7.99. The minimum Gasteiger partial charge on any atom is -0.481 e. The quantitative estimate of drug-likeness (QED) is 0.628. The van der Waals surface area contributed by atoms with E-state index in [0.29, 0.717) is 25.3 Å². The summed E-state index contributed by atoms with van der Waals surface area (Å²) in [6.07, 6.45) is 2.67. The summed E-state index contributed by atoms with van der Waals surface area (Å²) in [6, 6.07) is 0. The van der Waals surface area contributed by atoms with E-state index in [9.17, 15) is 14.4 Å². The Morgan fingerprint density at radius 1 is 1.37 bits per heavy atom. The van der Waals surface area contributed by atoms with Gasteiger partial charge in [-0.05, 0) is 12.8 Å². The SMILES string of the molecule is O=C(O)CCSCC(=O)NCCN1CCCCC1=O. The van der Waals surface area contributed by atoms with E-state index in [0.717, 1.165) is 19.4 Å². The van der Waals surface area contributed by atoms with Gasteiger partial charge >= 0.3 is 5.97 Å². The molecule has 1 aliphatic heterocycles. The van der Waals surface area contributed by atoms with Gasteiger partial charge in [0.2, 0.25) is 11.8 Å². The van der Waals surface area contributed by atoms with Crippen molar-refractivity contribution in [1.29, 1.82) is 0 Å². The molecular weight excluding hydrogens is 268 g/mol. The molecule has 1 heterocycles. The van der Waals surface area contributed by atoms with Gasteiger partial charge in [-0.15, -0.1) is 0 Å². The molecule has 1 fully saturated rings. The Morgan fingerprint density at radius 3 is 2.84 bits per heavy atom. The molecular formula is C12H20N2O4S. The number of hydrogen-bond donors (Lipinski definition) is 2. The molecule has 0 spiro atoms. The van der Waals surface area contributed by atoms with Gasteiger partial charge in [0.05, 0.1) is 12.2 Å². The van der Waals surface area contributed by atoms with Gasteiger partial charge in [-0.3, -0.25) is 14.4 Å². The molecule has 0 aliphatic carbocycles. The molecule has 19 heavy (non-hydrogen) atoms. The van der Waals surface area contributed by atoms with Crippen LogP contribution in [0.15, 0.2) is 0 Å². The summed E-state index contributed by atoms with van der Waals surface area (Å²) < 4.78 is 0. The zero-order valence-corrected chi connectivity index (χ0v) is 11.7. The molecule has 0 aromatic carbocycles. The number of nitrogens with zero attached hydrogens (tertiary/aromatic N) is 1. The van der Waals surface area contributed by atoms with Crippen molar-refractivity contribution in [3.63, 3.8) is 0 Å². The maximum atomic E-state index is 11.5. The van der Waals surface area contributed by atoms with Gasteiger partial charge in [-0.25, -0.2) is 0 Å². The highest BCUT2D eigenvalue weighted by atomic mass is 32.2. The lowest BCUT2D eigenvalue weighted by Gasteiger charge is -2.26. The number of nitrogens with one attached hydrogen (secondary N) is 1. The van der Waals surface area contributed by atoms with Crippen molar-refractivity contribution in [2.24, 2.45) is 0 Å². The van der Waals surface area contributed by atoms with Crippen LogP contribution < -0.4 is 5.32 Å². The van der Waals surface area contributed by atoms with E-state index >= 15 is 0 Å². The number of thioether (sulfide) groups is 1. The molecule has 2 N–H and O–H groups in total. The van der Waals surface area contributed by atoms with E-state index < -0.39 is 5.97 Å². The van der Waals surface area contributed by atoms with Crippen LogP contribution in [-0.4, -0.2) is 58.9 Å². The Bertz CT molecular complexity index is 336. The smallest absolute Gasteiger partial charge is 0.304 e. The van der Waals surface area contributed by atoms with Crippen molar-refractivity contribution >= 4 is 29.5 Å². The van der Waals surface area contributed by atoms with E-state index in [2.05, 4.69) is 5.32 Å². The summed E-state index contributed by atoms with van der Waals surface area (Å²) in [5, 5.41) is 11.2. The molecule has 0 radical (unpaired) electrons. The average molecular weight is 288 g/mol. The molecule has 0 unspecified atom stereocenters. The summed E-state index contributed by atoms with van der Waals surface area (Å²) in [6.45, 7) is 1.80. The van der Waals surface area contributed by atoms with Gasteiger partial charge in [0, 0.05) is 31.8 Å². The summed E-state index contributed by atoms with van der Waals surface area (Å²) in [5.74, 6) is -0.0955. The minimum absolute atomic E-state index is 0.0697. The first-order chi connectivity index (χ1) is 9.09. The first-order valence-electron chi connectivity index (χ1n) is 6.43. The Kier molecular flexibility index (Phi) is 7.32. The van der Waals surface area contributed by atoms with Crippen molar-refractivity contribution in [3.8, 4) is 0 Å². The van der Waals surface area contributed by atoms with Gasteiger partial charge in [-0.2, -0.15) is 11.8 Å². The van der Waals surface area contributed by atoms with Crippen molar-refractivity contribution in [3.05, 3.63) is 0 Å². The average Bonchev–Trinajstić information content (AvgIpc) is 2.37. The lowest BCUT2D eigenvalue weighted by molar-refractivity contribution is -0.136. The first kappa shape index (κ1) is 15.8. The van der Waals surface area contributed by atoms with Crippen LogP contribution in [0.1, 0.15) is 25.7 Å². The number of carbonyl (C=O) groups is 3. The van der Waals surface area contributed by atoms with Crippen LogP contribution in [0, 0.1) is 0 Å². The maximum absolute atomic E-state index is 11.5. The number of likely N-dealkylation sites (tertiary alicyclic amines) is 1. The molecule has 108 valence electrons. The number of hydrogen-bond acceptors (Lipinski definition) is 4. The fraction of sp³-hybridized carbons (Fsp3) is 0.750. The van der Waals surface area contributed by atoms with Gasteiger partial charge in [-0.1, -0.05) is 0 Å². The summed E-state index contributed by atoms with van der Waals surface area (Å²) in [7, 11) is 0. The van der Waals surface area contributed by atoms with Crippen LogP contribution in [0.5, 0.6) is 0 Å². The molecule has 1 saturated heterocycles. The third-order valence-electron chi connectivity index (χ3n) is 2.82. The van der Waals surface area contributed by atoms with Crippen LogP contribution in [0.3, 0.4) is 0 Å². The summed E-state index contributed by atoms with van der Waals surface area (Å²) >= 11 is 1.30. The molecule has 0 aromatic heterocycles. The Balaban J connectivity index is 2.03. The van der Waals surface area contributed by atoms with Crippen molar-refractivity contribution in [2.75, 3.05) is 31.1 Å². The zero-order valence-electron chi connectivity index (χ0n) is 10.9. The highest BCUT2D eigenvalue weighted by Crippen LogP contribution is 2.09. The number of carboxylic acid groups (broad SMARTS) is 1. The molecule has 0 bridgehead atoms. The molecule has 0 aromatic rings. The van der Waals surface area contributed by atoms with E-state index in [1.54, 1.807) is 4.90 Å². The van der Waals surface area contributed by atoms with Crippen molar-refractivity contribution in [2.45, 2.75) is 25.7 Å². The summed E-state index contributed by atoms with van der Waals surface area (Å²) in [4.78, 5) is 35.0. The third kappa shape index (κ3) is 7.05. The first-order valence-corrected chi connectivity index (χ1v) is 7.59. The molecule has 1 rings (SSSR count). The second-order valence-corrected chi connectivity index (χ2v) is 5.49. The molecule has 7 heteroatoms. The topological polar surface area (TPSA) is 86.7 Å². The number of amides is 2. The number of aliphatic carboxylic acids is 1. The Hall–Kier alpha value is -1.24. The number of rotatable bonds is 8. The van der Waals surface area contributed by atoms with Crippen molar-refractivity contribution in [1.82, 2.24) is 10.2 Å². The predicted octanol–water partition coefficient (Wildman–Crippen LogP) is 0.323. The lowest BCUT2D eigenvalue weighted by atomic mass is 10.1. The monoisotopic (exact) mass is 288 g/mol. The van der Waals surface area contributed by atoms with Crippen LogP contribution in [-0.2, 0) is 14.4 Å². The lowest BCUT2D eigenvalue weighted by Crippen LogP contribution is -2.41. The van der Waals surface area contributed by atoms with Crippen LogP contribution >= 0.6 is 11.8 Å². The molecule has 2 amide bonds. The number of carbonyl (C=O) groups excluding carboxylic acids is 2. The fourth-order valence-electron chi connectivity index (χ4n) is 1.80. The maximum Gasteiger partial charge on any atom is 0.304 e. The highest BCUT2D eigenvalue weighted by Gasteiger charge is 2.17. The molecule has 6 nitrogen and oxygen atoms in total. The largest absolute Gasteiger partial charge is 0.481 e. The normalized spacial score (nSPS) is 15.4. The van der Waals surface area contributed by atoms with Gasteiger partial charge in [0.15, 0.2) is 0 Å². The van der Waals surface area contributed by atoms with E-state index in [1.165, 1.54) is 11.8 Å². The Morgan fingerprint density at radius 2 is 2.16 bits per heavy atom. The van der Waals surface area contributed by atoms with E-state index in [-0.39, 0.29) is 24.0 Å². The summed E-state index contributed by atoms with van der Waals surface area (Å²) in [5.41, 5.74) is 0. The van der Waals surface area contributed by atoms with Crippen LogP contribution in [0.4, 0.5) is 0 Å². The van der Waals surface area contributed by atoms with E-state index in [1.807, 2.05) is 0 Å². The standard InChI is InChI=1S/C12H20N2O4S/c15-10(9-19-8-4-12(17)18)13-5-7-14-6-2-1-3-11(14)16/h1-9H2,(H,13,15)(H,17,18). The van der Waals surface area contributed by atoms with E-state index in [4.69, 9.17) is 5.11 Å². The third-order valence-corrected chi connectivity index (χ3v) is 3.78. The predicted molar refractivity (Wildman–Crippen MR) is 73.0 cm³/mol. The van der Waals surface area contributed by atoms with Crippen LogP contribution in [0.25, 0.3) is 0 Å².